The van der Waals surface area contributed by atoms with E-state index < -0.39 is 0 Å². The Bertz CT molecular complexity index is 3450. The Labute approximate surface area is 408 Å². The normalized spacial score (nSPS) is 20.3. The van der Waals surface area contributed by atoms with E-state index in [-0.39, 0.29) is 5.41 Å². The maximum Gasteiger partial charge on any atom is 0.164 e. The molecule has 2 aromatic heterocycles. The van der Waals surface area contributed by atoms with Gasteiger partial charge in [-0.3, -0.25) is 0 Å². The van der Waals surface area contributed by atoms with Gasteiger partial charge in [0.05, 0.1) is 0 Å². The third kappa shape index (κ3) is 6.76. The SMILES string of the molecule is c1ccc(-c2nc(-c3ccccc3)nc(-c3ccc(-c4ccc(-c5ccc6c(c5)-c5ccccc5C65C6CC7CC(C6)CC5C7)cc4)cc3-c3nc(-c4ccccc4)nc(-c4ccccc4)n3)n2)cc1. The van der Waals surface area contributed by atoms with Gasteiger partial charge in [-0.25, -0.2) is 29.9 Å². The van der Waals surface area contributed by atoms with E-state index in [2.05, 4.69) is 84.9 Å². The lowest BCUT2D eigenvalue weighted by molar-refractivity contribution is -0.0399. The van der Waals surface area contributed by atoms with E-state index in [9.17, 15) is 0 Å². The Morgan fingerprint density at radius 1 is 0.257 bits per heavy atom. The zero-order valence-corrected chi connectivity index (χ0v) is 38.7. The lowest BCUT2D eigenvalue weighted by Gasteiger charge is -2.61. The molecule has 0 unspecified atom stereocenters. The molecule has 10 aromatic rings. The highest BCUT2D eigenvalue weighted by molar-refractivity contribution is 5.87. The smallest absolute Gasteiger partial charge is 0.164 e. The second kappa shape index (κ2) is 16.5. The van der Waals surface area contributed by atoms with Gasteiger partial charge in [0, 0.05) is 38.8 Å². The molecule has 70 heavy (non-hydrogen) atoms. The molecule has 5 aliphatic rings. The highest BCUT2D eigenvalue weighted by Gasteiger charge is 2.61. The van der Waals surface area contributed by atoms with Crippen LogP contribution in [-0.2, 0) is 5.41 Å². The minimum Gasteiger partial charge on any atom is -0.208 e. The molecular weight excluding hydrogens is 853 g/mol. The second-order valence-corrected chi connectivity index (χ2v) is 19.9. The predicted molar refractivity (Wildman–Crippen MR) is 280 cm³/mol. The molecule has 0 N–H and O–H groups in total. The molecular formula is C64H48N6. The molecule has 6 heteroatoms. The van der Waals surface area contributed by atoms with Gasteiger partial charge < -0.3 is 0 Å². The van der Waals surface area contributed by atoms with Crippen LogP contribution in [0.15, 0.2) is 206 Å². The maximum atomic E-state index is 5.24. The number of nitrogens with zero attached hydrogens (tertiary/aromatic N) is 6. The zero-order valence-electron chi connectivity index (χ0n) is 38.7. The molecule has 0 aliphatic heterocycles. The van der Waals surface area contributed by atoms with Gasteiger partial charge in [-0.1, -0.05) is 188 Å². The molecule has 5 aliphatic carbocycles. The Hall–Kier alpha value is -8.22. The quantitative estimate of drug-likeness (QED) is 0.151. The van der Waals surface area contributed by atoms with Gasteiger partial charge >= 0.3 is 0 Å². The summed E-state index contributed by atoms with van der Waals surface area (Å²) in [6.45, 7) is 0. The summed E-state index contributed by atoms with van der Waals surface area (Å²) >= 11 is 0. The van der Waals surface area contributed by atoms with E-state index >= 15 is 0 Å². The van der Waals surface area contributed by atoms with Crippen LogP contribution in [0.4, 0.5) is 0 Å². The molecule has 0 atom stereocenters. The molecule has 6 nitrogen and oxygen atoms in total. The van der Waals surface area contributed by atoms with Crippen molar-refractivity contribution < 1.29 is 0 Å². The average Bonchev–Trinajstić information content (AvgIpc) is 3.73. The van der Waals surface area contributed by atoms with E-state index in [1.165, 1.54) is 54.4 Å². The Balaban J connectivity index is 0.901. The van der Waals surface area contributed by atoms with Crippen molar-refractivity contribution in [2.75, 3.05) is 0 Å². The van der Waals surface area contributed by atoms with Gasteiger partial charge in [0.25, 0.3) is 0 Å². The molecule has 0 radical (unpaired) electrons. The number of benzene rings is 8. The first-order valence-electron chi connectivity index (χ1n) is 24.9. The van der Waals surface area contributed by atoms with Crippen molar-refractivity contribution in [3.63, 3.8) is 0 Å². The largest absolute Gasteiger partial charge is 0.208 e. The summed E-state index contributed by atoms with van der Waals surface area (Å²) < 4.78 is 0. The van der Waals surface area contributed by atoms with Gasteiger partial charge in [0.1, 0.15) is 0 Å². The van der Waals surface area contributed by atoms with Gasteiger partial charge in [0.2, 0.25) is 0 Å². The standard InChI is InChI=1S/C64H48N6/c1-5-15-44(16-6-1)58-65-59(45-17-7-2-8-18-45)68-62(67-58)53-31-29-48(39-55(53)63-69-60(46-19-9-3-10-20-46)66-61(70-63)47-21-11-4-12-22-47)42-25-27-43(28-26-42)49-30-32-57-54(38-49)52-23-13-14-24-56(52)64(57)50-34-40-33-41(36-50)37-51(64)35-40/h1-32,38-41,50-51H,33-37H2. The third-order valence-electron chi connectivity index (χ3n) is 16.0. The molecule has 4 fully saturated rings. The van der Waals surface area contributed by atoms with Crippen LogP contribution in [0.1, 0.15) is 43.2 Å². The van der Waals surface area contributed by atoms with E-state index in [1.807, 2.05) is 121 Å². The molecule has 334 valence electrons. The van der Waals surface area contributed by atoms with Gasteiger partial charge in [-0.15, -0.1) is 0 Å². The van der Waals surface area contributed by atoms with Gasteiger partial charge in [-0.2, -0.15) is 0 Å². The lowest BCUT2D eigenvalue weighted by atomic mass is 9.43. The van der Waals surface area contributed by atoms with Crippen molar-refractivity contribution in [2.45, 2.75) is 37.5 Å². The first-order chi connectivity index (χ1) is 34.6. The minimum absolute atomic E-state index is 0.168. The van der Waals surface area contributed by atoms with Crippen molar-refractivity contribution in [1.29, 1.82) is 0 Å². The fraction of sp³-hybridized carbons (Fsp3) is 0.156. The number of hydrogen-bond donors (Lipinski definition) is 0. The highest BCUT2D eigenvalue weighted by Crippen LogP contribution is 2.69. The van der Waals surface area contributed by atoms with E-state index in [4.69, 9.17) is 29.9 Å². The summed E-state index contributed by atoms with van der Waals surface area (Å²) in [5.41, 5.74) is 16.0. The zero-order chi connectivity index (χ0) is 46.2. The van der Waals surface area contributed by atoms with E-state index in [0.717, 1.165) is 68.2 Å². The van der Waals surface area contributed by atoms with Crippen LogP contribution in [0.3, 0.4) is 0 Å². The van der Waals surface area contributed by atoms with Gasteiger partial charge in [0.15, 0.2) is 34.9 Å². The Morgan fingerprint density at radius 2 is 0.614 bits per heavy atom. The van der Waals surface area contributed by atoms with Crippen LogP contribution in [0, 0.1) is 23.7 Å². The molecule has 4 saturated carbocycles. The predicted octanol–water partition coefficient (Wildman–Crippen LogP) is 15.1. The summed E-state index contributed by atoms with van der Waals surface area (Å²) in [7, 11) is 0. The summed E-state index contributed by atoms with van der Waals surface area (Å²) in [4.78, 5) is 30.9. The molecule has 8 aromatic carbocycles. The molecule has 15 rings (SSSR count). The summed E-state index contributed by atoms with van der Waals surface area (Å²) in [6, 6.07) is 72.7. The summed E-state index contributed by atoms with van der Waals surface area (Å²) in [5, 5.41) is 0. The van der Waals surface area contributed by atoms with Crippen LogP contribution in [0.2, 0.25) is 0 Å². The average molecular weight is 901 g/mol. The highest BCUT2D eigenvalue weighted by atomic mass is 15.1. The fourth-order valence-corrected chi connectivity index (χ4v) is 13.2. The molecule has 0 amide bonds. The monoisotopic (exact) mass is 900 g/mol. The first-order valence-corrected chi connectivity index (χ1v) is 24.9. The molecule has 4 bridgehead atoms. The summed E-state index contributed by atoms with van der Waals surface area (Å²) in [5.74, 6) is 6.75. The second-order valence-electron chi connectivity index (χ2n) is 19.9. The van der Waals surface area contributed by atoms with Crippen molar-refractivity contribution in [1.82, 2.24) is 29.9 Å². The Kier molecular flexibility index (Phi) is 9.61. The third-order valence-corrected chi connectivity index (χ3v) is 16.0. The van der Waals surface area contributed by atoms with Crippen molar-refractivity contribution in [3.05, 3.63) is 217 Å². The molecule has 0 saturated heterocycles. The first kappa shape index (κ1) is 40.8. The van der Waals surface area contributed by atoms with Crippen LogP contribution in [0.25, 0.3) is 102 Å². The van der Waals surface area contributed by atoms with Crippen molar-refractivity contribution in [3.8, 4) is 102 Å². The lowest BCUT2D eigenvalue weighted by Crippen LogP contribution is -2.55. The van der Waals surface area contributed by atoms with E-state index in [0.29, 0.717) is 34.9 Å². The van der Waals surface area contributed by atoms with E-state index in [1.54, 1.807) is 11.1 Å². The maximum absolute atomic E-state index is 5.24. The fourth-order valence-electron chi connectivity index (χ4n) is 13.2. The van der Waals surface area contributed by atoms with Crippen LogP contribution < -0.4 is 0 Å². The van der Waals surface area contributed by atoms with Crippen LogP contribution in [-0.4, -0.2) is 29.9 Å². The minimum atomic E-state index is 0.168. The Morgan fingerprint density at radius 3 is 1.09 bits per heavy atom. The topological polar surface area (TPSA) is 77.3 Å². The van der Waals surface area contributed by atoms with Crippen molar-refractivity contribution in [2.24, 2.45) is 23.7 Å². The number of hydrogen-bond acceptors (Lipinski definition) is 6. The van der Waals surface area contributed by atoms with Crippen LogP contribution >= 0.6 is 0 Å². The van der Waals surface area contributed by atoms with Crippen molar-refractivity contribution >= 4 is 0 Å². The van der Waals surface area contributed by atoms with Crippen LogP contribution in [0.5, 0.6) is 0 Å². The molecule has 2 heterocycles. The van der Waals surface area contributed by atoms with Gasteiger partial charge in [-0.05, 0) is 118 Å². The summed E-state index contributed by atoms with van der Waals surface area (Å²) in [6.07, 6.45) is 7.02. The number of fused-ring (bicyclic) bond motifs is 3. The number of aromatic nitrogens is 6. The number of rotatable bonds is 8. The molecule has 1 spiro atoms.